The van der Waals surface area contributed by atoms with Gasteiger partial charge in [-0.2, -0.15) is 0 Å². The van der Waals surface area contributed by atoms with E-state index in [9.17, 15) is 0 Å². The van der Waals surface area contributed by atoms with Gasteiger partial charge in [0, 0.05) is 18.0 Å². The highest BCUT2D eigenvalue weighted by molar-refractivity contribution is 7.10. The molecule has 13 heavy (non-hydrogen) atoms. The van der Waals surface area contributed by atoms with Gasteiger partial charge in [0.15, 0.2) is 0 Å². The third kappa shape index (κ3) is 2.10. The van der Waals surface area contributed by atoms with Gasteiger partial charge in [-0.1, -0.05) is 6.07 Å². The van der Waals surface area contributed by atoms with Crippen LogP contribution in [0.4, 0.5) is 0 Å². The van der Waals surface area contributed by atoms with Gasteiger partial charge in [-0.3, -0.25) is 0 Å². The van der Waals surface area contributed by atoms with Crippen molar-refractivity contribution in [1.29, 1.82) is 0 Å². The Kier molecular flexibility index (Phi) is 2.41. The Labute approximate surface area is 82.9 Å². The molecule has 0 bridgehead atoms. The van der Waals surface area contributed by atoms with Crippen LogP contribution in [0.2, 0.25) is 0 Å². The molecule has 0 amide bonds. The summed E-state index contributed by atoms with van der Waals surface area (Å²) in [5.74, 6) is 0. The zero-order chi connectivity index (χ0) is 9.31. The second-order valence-electron chi connectivity index (χ2n) is 4.01. The van der Waals surface area contributed by atoms with Crippen molar-refractivity contribution in [1.82, 2.24) is 5.32 Å². The number of morpholine rings is 1. The van der Waals surface area contributed by atoms with E-state index in [1.807, 2.05) is 0 Å². The first-order valence-corrected chi connectivity index (χ1v) is 5.47. The van der Waals surface area contributed by atoms with E-state index in [0.717, 1.165) is 13.1 Å². The van der Waals surface area contributed by atoms with Crippen molar-refractivity contribution in [2.75, 3.05) is 13.1 Å². The van der Waals surface area contributed by atoms with E-state index in [1.165, 1.54) is 4.88 Å². The average molecular weight is 197 g/mol. The van der Waals surface area contributed by atoms with Crippen molar-refractivity contribution in [3.63, 3.8) is 0 Å². The van der Waals surface area contributed by atoms with Crippen LogP contribution < -0.4 is 5.32 Å². The van der Waals surface area contributed by atoms with Crippen molar-refractivity contribution in [3.8, 4) is 0 Å². The summed E-state index contributed by atoms with van der Waals surface area (Å²) in [6, 6.07) is 4.21. The number of rotatable bonds is 1. The maximum Gasteiger partial charge on any atom is 0.105 e. The molecule has 0 spiro atoms. The fraction of sp³-hybridized carbons (Fsp3) is 0.600. The first kappa shape index (κ1) is 9.19. The van der Waals surface area contributed by atoms with Crippen molar-refractivity contribution in [2.45, 2.75) is 25.6 Å². The summed E-state index contributed by atoms with van der Waals surface area (Å²) >= 11 is 1.77. The van der Waals surface area contributed by atoms with Crippen LogP contribution in [0.3, 0.4) is 0 Å². The molecule has 2 nitrogen and oxygen atoms in total. The van der Waals surface area contributed by atoms with Gasteiger partial charge in [0.05, 0.1) is 5.60 Å². The molecule has 0 saturated carbocycles. The Morgan fingerprint density at radius 3 is 3.08 bits per heavy atom. The summed E-state index contributed by atoms with van der Waals surface area (Å²) in [5.41, 5.74) is -0.0348. The van der Waals surface area contributed by atoms with Crippen molar-refractivity contribution < 1.29 is 4.74 Å². The van der Waals surface area contributed by atoms with Crippen molar-refractivity contribution in [3.05, 3.63) is 22.4 Å². The van der Waals surface area contributed by atoms with Crippen LogP contribution in [0.25, 0.3) is 0 Å². The summed E-state index contributed by atoms with van der Waals surface area (Å²) in [7, 11) is 0. The first-order chi connectivity index (χ1) is 6.17. The van der Waals surface area contributed by atoms with Gasteiger partial charge in [0.2, 0.25) is 0 Å². The molecule has 1 aliphatic rings. The topological polar surface area (TPSA) is 21.3 Å². The molecule has 1 aromatic heterocycles. The van der Waals surface area contributed by atoms with Crippen LogP contribution in [0.1, 0.15) is 24.8 Å². The van der Waals surface area contributed by atoms with Crippen LogP contribution in [-0.2, 0) is 4.74 Å². The summed E-state index contributed by atoms with van der Waals surface area (Å²) < 4.78 is 5.97. The maximum atomic E-state index is 5.97. The third-order valence-corrected chi connectivity index (χ3v) is 3.17. The van der Waals surface area contributed by atoms with E-state index >= 15 is 0 Å². The minimum Gasteiger partial charge on any atom is -0.364 e. The van der Waals surface area contributed by atoms with E-state index in [-0.39, 0.29) is 11.7 Å². The molecule has 1 atom stereocenters. The molecule has 0 radical (unpaired) electrons. The predicted octanol–water partition coefficient (Wildman–Crippen LogP) is 2.19. The number of hydrogen-bond donors (Lipinski definition) is 1. The van der Waals surface area contributed by atoms with Crippen molar-refractivity contribution >= 4 is 11.3 Å². The zero-order valence-electron chi connectivity index (χ0n) is 8.04. The lowest BCUT2D eigenvalue weighted by Crippen LogP contribution is -2.46. The Balaban J connectivity index is 2.09. The van der Waals surface area contributed by atoms with E-state index in [1.54, 1.807) is 11.3 Å². The van der Waals surface area contributed by atoms with Gasteiger partial charge in [0.1, 0.15) is 6.10 Å². The monoisotopic (exact) mass is 197 g/mol. The quantitative estimate of drug-likeness (QED) is 0.745. The number of hydrogen-bond acceptors (Lipinski definition) is 3. The van der Waals surface area contributed by atoms with Gasteiger partial charge >= 0.3 is 0 Å². The molecule has 2 rings (SSSR count). The van der Waals surface area contributed by atoms with Gasteiger partial charge in [-0.05, 0) is 25.3 Å². The minimum atomic E-state index is -0.0348. The molecular weight excluding hydrogens is 182 g/mol. The highest BCUT2D eigenvalue weighted by Gasteiger charge is 2.29. The smallest absolute Gasteiger partial charge is 0.105 e. The van der Waals surface area contributed by atoms with Crippen LogP contribution in [-0.4, -0.2) is 18.7 Å². The van der Waals surface area contributed by atoms with Crippen LogP contribution in [0.5, 0.6) is 0 Å². The lowest BCUT2D eigenvalue weighted by atomic mass is 10.1. The highest BCUT2D eigenvalue weighted by Crippen LogP contribution is 2.29. The molecule has 2 heterocycles. The summed E-state index contributed by atoms with van der Waals surface area (Å²) in [6.07, 6.45) is 0.240. The molecule has 3 heteroatoms. The number of thiophene rings is 1. The molecular formula is C10H15NOS. The minimum absolute atomic E-state index is 0.0348. The first-order valence-electron chi connectivity index (χ1n) is 4.59. The van der Waals surface area contributed by atoms with Crippen LogP contribution in [0, 0.1) is 0 Å². The Hall–Kier alpha value is -0.380. The van der Waals surface area contributed by atoms with E-state index in [4.69, 9.17) is 4.74 Å². The summed E-state index contributed by atoms with van der Waals surface area (Å²) in [6.45, 7) is 6.12. The van der Waals surface area contributed by atoms with Gasteiger partial charge in [-0.15, -0.1) is 11.3 Å². The number of nitrogens with one attached hydrogen (secondary N) is 1. The molecule has 1 N–H and O–H groups in total. The molecule has 1 fully saturated rings. The van der Waals surface area contributed by atoms with E-state index in [0.29, 0.717) is 0 Å². The summed E-state index contributed by atoms with van der Waals surface area (Å²) in [4.78, 5) is 1.32. The molecule has 1 saturated heterocycles. The van der Waals surface area contributed by atoms with Gasteiger partial charge < -0.3 is 10.1 Å². The predicted molar refractivity (Wildman–Crippen MR) is 55.1 cm³/mol. The van der Waals surface area contributed by atoms with E-state index < -0.39 is 0 Å². The average Bonchev–Trinajstić information content (AvgIpc) is 2.53. The molecule has 0 aliphatic carbocycles. The fourth-order valence-electron chi connectivity index (χ4n) is 1.61. The Morgan fingerprint density at radius 2 is 2.46 bits per heavy atom. The van der Waals surface area contributed by atoms with Gasteiger partial charge in [0.25, 0.3) is 0 Å². The van der Waals surface area contributed by atoms with E-state index in [2.05, 4.69) is 36.7 Å². The molecule has 1 aromatic rings. The lowest BCUT2D eigenvalue weighted by Gasteiger charge is -2.36. The Bertz CT molecular complexity index is 268. The molecule has 1 aliphatic heterocycles. The second kappa shape index (κ2) is 3.40. The summed E-state index contributed by atoms with van der Waals surface area (Å²) in [5, 5.41) is 5.49. The fourth-order valence-corrected chi connectivity index (χ4v) is 2.36. The largest absolute Gasteiger partial charge is 0.364 e. The lowest BCUT2D eigenvalue weighted by molar-refractivity contribution is -0.0944. The third-order valence-electron chi connectivity index (χ3n) is 2.20. The maximum absolute atomic E-state index is 5.97. The molecule has 72 valence electrons. The van der Waals surface area contributed by atoms with Crippen LogP contribution >= 0.6 is 11.3 Å². The zero-order valence-corrected chi connectivity index (χ0v) is 8.86. The highest BCUT2D eigenvalue weighted by atomic mass is 32.1. The van der Waals surface area contributed by atoms with Crippen LogP contribution in [0.15, 0.2) is 17.5 Å². The SMILES string of the molecule is CC1(C)CNCC(c2cccs2)O1. The standard InChI is InChI=1S/C10H15NOS/c1-10(2)7-11-6-8(12-10)9-4-3-5-13-9/h3-5,8,11H,6-7H2,1-2H3. The van der Waals surface area contributed by atoms with Gasteiger partial charge in [-0.25, -0.2) is 0 Å². The molecule has 1 unspecified atom stereocenters. The molecule has 0 aromatic carbocycles. The van der Waals surface area contributed by atoms with Crippen molar-refractivity contribution in [2.24, 2.45) is 0 Å². The second-order valence-corrected chi connectivity index (χ2v) is 4.99. The Morgan fingerprint density at radius 1 is 1.62 bits per heavy atom. The normalized spacial score (nSPS) is 27.4. The number of ether oxygens (including phenoxy) is 1.